The molecule has 1 aliphatic heterocycles. The molecule has 1 aliphatic rings. The van der Waals surface area contributed by atoms with Gasteiger partial charge in [-0.05, 0) is 57.5 Å². The minimum Gasteiger partial charge on any atom is -0.494 e. The first kappa shape index (κ1) is 25.0. The Morgan fingerprint density at radius 1 is 1.15 bits per heavy atom. The average Bonchev–Trinajstić information content (AvgIpc) is 2.82. The minimum absolute atomic E-state index is 0.0434. The fourth-order valence-electron chi connectivity index (χ4n) is 4.30. The van der Waals surface area contributed by atoms with E-state index >= 15 is 4.39 Å². The summed E-state index contributed by atoms with van der Waals surface area (Å²) in [6.45, 7) is 6.79. The van der Waals surface area contributed by atoms with Crippen molar-refractivity contribution in [2.24, 2.45) is 0 Å². The summed E-state index contributed by atoms with van der Waals surface area (Å²) >= 11 is 0. The number of halogens is 1. The van der Waals surface area contributed by atoms with Gasteiger partial charge in [-0.15, -0.1) is 0 Å². The molecule has 180 valence electrons. The van der Waals surface area contributed by atoms with E-state index in [0.29, 0.717) is 42.1 Å². The van der Waals surface area contributed by atoms with Crippen LogP contribution >= 0.6 is 0 Å². The number of hydrogen-bond acceptors (Lipinski definition) is 5. The van der Waals surface area contributed by atoms with Crippen LogP contribution in [-0.2, 0) is 4.74 Å². The second-order valence-electron chi connectivity index (χ2n) is 8.53. The van der Waals surface area contributed by atoms with Gasteiger partial charge in [0.05, 0.1) is 13.7 Å². The van der Waals surface area contributed by atoms with Crippen LogP contribution in [0.3, 0.4) is 0 Å². The minimum atomic E-state index is -0.460. The Balaban J connectivity index is 1.97. The Bertz CT molecular complexity index is 929. The monoisotopic (exact) mass is 458 g/mol. The molecule has 1 heterocycles. The normalized spacial score (nSPS) is 16.0. The third-order valence-corrected chi connectivity index (χ3v) is 5.91. The first-order valence-corrected chi connectivity index (χ1v) is 11.6. The summed E-state index contributed by atoms with van der Waals surface area (Å²) in [6.07, 6.45) is 2.70. The van der Waals surface area contributed by atoms with Crippen molar-refractivity contribution in [3.8, 4) is 22.6 Å². The zero-order chi connectivity index (χ0) is 23.8. The van der Waals surface area contributed by atoms with Gasteiger partial charge in [-0.2, -0.15) is 0 Å². The molecular weight excluding hydrogens is 423 g/mol. The highest BCUT2D eigenvalue weighted by molar-refractivity contribution is 5.96. The Morgan fingerprint density at radius 3 is 2.64 bits per heavy atom. The molecule has 1 unspecified atom stereocenters. The second-order valence-corrected chi connectivity index (χ2v) is 8.53. The van der Waals surface area contributed by atoms with Crippen LogP contribution in [0.15, 0.2) is 36.4 Å². The van der Waals surface area contributed by atoms with Gasteiger partial charge in [-0.25, -0.2) is 4.39 Å². The summed E-state index contributed by atoms with van der Waals surface area (Å²) in [5, 5.41) is 3.39. The van der Waals surface area contributed by atoms with Gasteiger partial charge < -0.3 is 24.4 Å². The molecule has 0 bridgehead atoms. The van der Waals surface area contributed by atoms with Crippen molar-refractivity contribution >= 4 is 5.91 Å². The fraction of sp³-hybridized carbons (Fsp3) is 0.500. The van der Waals surface area contributed by atoms with Crippen molar-refractivity contribution in [3.63, 3.8) is 0 Å². The van der Waals surface area contributed by atoms with Crippen molar-refractivity contribution in [1.82, 2.24) is 10.2 Å². The molecule has 1 atom stereocenters. The summed E-state index contributed by atoms with van der Waals surface area (Å²) in [4.78, 5) is 15.5. The van der Waals surface area contributed by atoms with Crippen LogP contribution in [0.4, 0.5) is 4.39 Å². The van der Waals surface area contributed by atoms with Crippen LogP contribution in [0.2, 0.25) is 0 Å². The Kier molecular flexibility index (Phi) is 9.09. The van der Waals surface area contributed by atoms with Gasteiger partial charge in [0.15, 0.2) is 11.6 Å². The standard InChI is InChI=1S/C26H35FN2O4/c1-18(2)29(20-8-6-13-28-17-20)26(30)19-11-12-21(24(16-19)33-15-7-14-31-3)22-9-5-10-23(32-4)25(22)27/h5,9-12,16,18,20,28H,6-8,13-15,17H2,1-4H3. The number of nitrogens with one attached hydrogen (secondary N) is 1. The van der Waals surface area contributed by atoms with Gasteiger partial charge in [-0.3, -0.25) is 4.79 Å². The molecule has 0 spiro atoms. The second kappa shape index (κ2) is 12.0. The lowest BCUT2D eigenvalue weighted by Gasteiger charge is -2.37. The first-order chi connectivity index (χ1) is 16.0. The molecular formula is C26H35FN2O4. The molecule has 2 aromatic rings. The predicted octanol–water partition coefficient (Wildman–Crippen LogP) is 4.52. The van der Waals surface area contributed by atoms with E-state index in [1.165, 1.54) is 7.11 Å². The quantitative estimate of drug-likeness (QED) is 0.531. The number of amides is 1. The number of ether oxygens (including phenoxy) is 3. The SMILES string of the molecule is COCCCOc1cc(C(=O)N(C(C)C)C2CCCNC2)ccc1-c1cccc(OC)c1F. The van der Waals surface area contributed by atoms with E-state index in [-0.39, 0.29) is 23.7 Å². The number of rotatable bonds is 10. The van der Waals surface area contributed by atoms with Crippen molar-refractivity contribution in [3.05, 3.63) is 47.8 Å². The molecule has 0 saturated carbocycles. The molecule has 3 rings (SSSR count). The summed E-state index contributed by atoms with van der Waals surface area (Å²) in [7, 11) is 3.07. The maximum Gasteiger partial charge on any atom is 0.254 e. The van der Waals surface area contributed by atoms with Crippen LogP contribution in [0.5, 0.6) is 11.5 Å². The van der Waals surface area contributed by atoms with E-state index < -0.39 is 5.82 Å². The number of nitrogens with zero attached hydrogens (tertiary/aromatic N) is 1. The van der Waals surface area contributed by atoms with Crippen molar-refractivity contribution in [2.75, 3.05) is 40.5 Å². The molecule has 0 radical (unpaired) electrons. The Hall–Kier alpha value is -2.64. The van der Waals surface area contributed by atoms with Crippen molar-refractivity contribution in [1.29, 1.82) is 0 Å². The number of hydrogen-bond donors (Lipinski definition) is 1. The van der Waals surface area contributed by atoms with Gasteiger partial charge in [-0.1, -0.05) is 12.1 Å². The Labute approximate surface area is 196 Å². The summed E-state index contributed by atoms with van der Waals surface area (Å²) in [6, 6.07) is 10.5. The fourth-order valence-corrected chi connectivity index (χ4v) is 4.30. The summed E-state index contributed by atoms with van der Waals surface area (Å²) in [5.41, 5.74) is 1.48. The van der Waals surface area contributed by atoms with Crippen LogP contribution in [0.25, 0.3) is 11.1 Å². The zero-order valence-corrected chi connectivity index (χ0v) is 20.0. The van der Waals surface area contributed by atoms with Gasteiger partial charge in [0, 0.05) is 55.5 Å². The van der Waals surface area contributed by atoms with Gasteiger partial charge in [0.2, 0.25) is 0 Å². The van der Waals surface area contributed by atoms with Crippen molar-refractivity contribution < 1.29 is 23.4 Å². The van der Waals surface area contributed by atoms with Gasteiger partial charge in [0.1, 0.15) is 5.75 Å². The molecule has 1 amide bonds. The molecule has 6 nitrogen and oxygen atoms in total. The third-order valence-electron chi connectivity index (χ3n) is 5.91. The number of piperidine rings is 1. The van der Waals surface area contributed by atoms with E-state index in [1.54, 1.807) is 43.5 Å². The maximum atomic E-state index is 15.0. The van der Waals surface area contributed by atoms with Crippen LogP contribution < -0.4 is 14.8 Å². The van der Waals surface area contributed by atoms with Gasteiger partial charge in [0.25, 0.3) is 5.91 Å². The molecule has 1 N–H and O–H groups in total. The number of benzene rings is 2. The Morgan fingerprint density at radius 2 is 1.97 bits per heavy atom. The predicted molar refractivity (Wildman–Crippen MR) is 128 cm³/mol. The first-order valence-electron chi connectivity index (χ1n) is 11.6. The summed E-state index contributed by atoms with van der Waals surface area (Å²) in [5.74, 6) is 0.124. The third kappa shape index (κ3) is 6.03. The highest BCUT2D eigenvalue weighted by Gasteiger charge is 2.29. The highest BCUT2D eigenvalue weighted by Crippen LogP contribution is 2.36. The van der Waals surface area contributed by atoms with E-state index in [2.05, 4.69) is 5.32 Å². The van der Waals surface area contributed by atoms with Crippen LogP contribution in [0, 0.1) is 5.82 Å². The lowest BCUT2D eigenvalue weighted by molar-refractivity contribution is 0.0573. The molecule has 0 aromatic heterocycles. The molecule has 33 heavy (non-hydrogen) atoms. The summed E-state index contributed by atoms with van der Waals surface area (Å²) < 4.78 is 31.3. The average molecular weight is 459 g/mol. The lowest BCUT2D eigenvalue weighted by Crippen LogP contribution is -2.51. The molecule has 7 heteroatoms. The van der Waals surface area contributed by atoms with E-state index in [1.807, 2.05) is 18.7 Å². The topological polar surface area (TPSA) is 60.0 Å². The van der Waals surface area contributed by atoms with E-state index in [0.717, 1.165) is 25.9 Å². The maximum absolute atomic E-state index is 15.0. The van der Waals surface area contributed by atoms with Gasteiger partial charge >= 0.3 is 0 Å². The van der Waals surface area contributed by atoms with Crippen molar-refractivity contribution in [2.45, 2.75) is 45.2 Å². The largest absolute Gasteiger partial charge is 0.494 e. The van der Waals surface area contributed by atoms with Crippen LogP contribution in [-0.4, -0.2) is 63.4 Å². The lowest BCUT2D eigenvalue weighted by atomic mass is 9.99. The smallest absolute Gasteiger partial charge is 0.254 e. The molecule has 0 aliphatic carbocycles. The molecule has 1 saturated heterocycles. The molecule has 2 aromatic carbocycles. The van der Waals surface area contributed by atoms with E-state index in [4.69, 9.17) is 14.2 Å². The van der Waals surface area contributed by atoms with E-state index in [9.17, 15) is 4.79 Å². The number of carbonyl (C=O) groups is 1. The number of carbonyl (C=O) groups excluding carboxylic acids is 1. The number of methoxy groups -OCH3 is 2. The molecule has 1 fully saturated rings. The zero-order valence-electron chi connectivity index (χ0n) is 20.0. The van der Waals surface area contributed by atoms with Crippen LogP contribution in [0.1, 0.15) is 43.5 Å². The highest BCUT2D eigenvalue weighted by atomic mass is 19.1.